The summed E-state index contributed by atoms with van der Waals surface area (Å²) in [7, 11) is -3.64. The van der Waals surface area contributed by atoms with Gasteiger partial charge < -0.3 is 4.74 Å². The lowest BCUT2D eigenvalue weighted by atomic mass is 10.2. The molecule has 2 N–H and O–H groups in total. The van der Waals surface area contributed by atoms with E-state index in [4.69, 9.17) is 9.88 Å². The number of rotatable bonds is 3. The second kappa shape index (κ2) is 3.50. The normalized spacial score (nSPS) is 16.4. The molecule has 15 heavy (non-hydrogen) atoms. The maximum absolute atomic E-state index is 11.1. The Morgan fingerprint density at radius 2 is 2.07 bits per heavy atom. The van der Waals surface area contributed by atoms with Gasteiger partial charge in [-0.2, -0.15) is 0 Å². The Labute approximate surface area is 89.1 Å². The monoisotopic (exact) mass is 227 g/mol. The summed E-state index contributed by atoms with van der Waals surface area (Å²) in [5.41, 5.74) is 0.925. The topological polar surface area (TPSA) is 69.4 Å². The Kier molecular flexibility index (Phi) is 2.44. The average Bonchev–Trinajstić information content (AvgIpc) is 2.90. The highest BCUT2D eigenvalue weighted by Gasteiger charge is 2.24. The van der Waals surface area contributed by atoms with Crippen molar-refractivity contribution in [3.8, 4) is 5.75 Å². The van der Waals surface area contributed by atoms with Crippen molar-refractivity contribution in [2.24, 2.45) is 5.14 Å². The molecule has 0 unspecified atom stereocenters. The number of hydrogen-bond donors (Lipinski definition) is 1. The highest BCUT2D eigenvalue weighted by Crippen LogP contribution is 2.30. The van der Waals surface area contributed by atoms with Crippen LogP contribution in [0.4, 0.5) is 0 Å². The number of sulfonamides is 1. The fourth-order valence-electron chi connectivity index (χ4n) is 1.25. The third kappa shape index (κ3) is 2.49. The minimum absolute atomic E-state index is 0.101. The van der Waals surface area contributed by atoms with Crippen LogP contribution in [0.5, 0.6) is 5.75 Å². The van der Waals surface area contributed by atoms with Crippen LogP contribution in [-0.2, 0) is 10.0 Å². The molecule has 1 saturated carbocycles. The van der Waals surface area contributed by atoms with E-state index in [9.17, 15) is 8.42 Å². The molecule has 0 spiro atoms. The molecule has 1 aromatic carbocycles. The Morgan fingerprint density at radius 3 is 2.60 bits per heavy atom. The zero-order valence-corrected chi connectivity index (χ0v) is 9.25. The summed E-state index contributed by atoms with van der Waals surface area (Å²) < 4.78 is 27.8. The molecule has 1 fully saturated rings. The minimum Gasteiger partial charge on any atom is -0.490 e. The molecule has 1 aromatic rings. The molecule has 0 radical (unpaired) electrons. The standard InChI is InChI=1S/C10H13NO3S/c1-7-2-5-9(15(11,12)13)6-10(7)14-8-3-4-8/h2,5-6,8H,3-4H2,1H3,(H2,11,12,13). The smallest absolute Gasteiger partial charge is 0.238 e. The minimum atomic E-state index is -3.64. The predicted octanol–water partition coefficient (Wildman–Crippen LogP) is 1.18. The maximum atomic E-state index is 11.1. The van der Waals surface area contributed by atoms with Gasteiger partial charge in [0.05, 0.1) is 11.0 Å². The van der Waals surface area contributed by atoms with Gasteiger partial charge >= 0.3 is 0 Å². The van der Waals surface area contributed by atoms with Crippen LogP contribution >= 0.6 is 0 Å². The highest BCUT2D eigenvalue weighted by molar-refractivity contribution is 7.89. The quantitative estimate of drug-likeness (QED) is 0.843. The van der Waals surface area contributed by atoms with Crippen LogP contribution < -0.4 is 9.88 Å². The Bertz CT molecular complexity index is 477. The first kappa shape index (κ1) is 10.4. The van der Waals surface area contributed by atoms with Gasteiger partial charge in [-0.05, 0) is 31.4 Å². The van der Waals surface area contributed by atoms with Crippen LogP contribution in [0.3, 0.4) is 0 Å². The van der Waals surface area contributed by atoms with E-state index in [1.165, 1.54) is 12.1 Å². The summed E-state index contributed by atoms with van der Waals surface area (Å²) in [5.74, 6) is 0.615. The molecule has 1 aliphatic carbocycles. The van der Waals surface area contributed by atoms with Crippen LogP contribution in [0.15, 0.2) is 23.1 Å². The van der Waals surface area contributed by atoms with Gasteiger partial charge in [0, 0.05) is 6.07 Å². The van der Waals surface area contributed by atoms with Crippen molar-refractivity contribution in [2.45, 2.75) is 30.8 Å². The lowest BCUT2D eigenvalue weighted by molar-refractivity contribution is 0.300. The average molecular weight is 227 g/mol. The Balaban J connectivity index is 2.35. The summed E-state index contributed by atoms with van der Waals surface area (Å²) in [6, 6.07) is 4.69. The molecule has 0 amide bonds. The van der Waals surface area contributed by atoms with Gasteiger partial charge in [0.15, 0.2) is 0 Å². The number of hydrogen-bond acceptors (Lipinski definition) is 3. The number of ether oxygens (including phenoxy) is 1. The van der Waals surface area contributed by atoms with Gasteiger partial charge in [-0.15, -0.1) is 0 Å². The molecular weight excluding hydrogens is 214 g/mol. The fraction of sp³-hybridized carbons (Fsp3) is 0.400. The van der Waals surface area contributed by atoms with Crippen molar-refractivity contribution in [3.05, 3.63) is 23.8 Å². The van der Waals surface area contributed by atoms with E-state index >= 15 is 0 Å². The van der Waals surface area contributed by atoms with E-state index in [1.54, 1.807) is 6.07 Å². The largest absolute Gasteiger partial charge is 0.490 e. The van der Waals surface area contributed by atoms with Crippen LogP contribution in [0.2, 0.25) is 0 Å². The SMILES string of the molecule is Cc1ccc(S(N)(=O)=O)cc1OC1CC1. The first-order chi connectivity index (χ1) is 6.97. The van der Waals surface area contributed by atoms with Crippen molar-refractivity contribution in [1.82, 2.24) is 0 Å². The van der Waals surface area contributed by atoms with Gasteiger partial charge in [-0.3, -0.25) is 0 Å². The van der Waals surface area contributed by atoms with Crippen LogP contribution in [0.1, 0.15) is 18.4 Å². The summed E-state index contributed by atoms with van der Waals surface area (Å²) >= 11 is 0. The van der Waals surface area contributed by atoms with Crippen LogP contribution in [-0.4, -0.2) is 14.5 Å². The number of nitrogens with two attached hydrogens (primary N) is 1. The third-order valence-corrected chi connectivity index (χ3v) is 3.22. The van der Waals surface area contributed by atoms with E-state index in [-0.39, 0.29) is 11.0 Å². The van der Waals surface area contributed by atoms with E-state index in [1.807, 2.05) is 6.92 Å². The molecule has 5 heteroatoms. The molecular formula is C10H13NO3S. The van der Waals surface area contributed by atoms with E-state index in [2.05, 4.69) is 0 Å². The lowest BCUT2D eigenvalue weighted by Gasteiger charge is -2.09. The zero-order valence-electron chi connectivity index (χ0n) is 8.43. The van der Waals surface area contributed by atoms with Gasteiger partial charge in [-0.25, -0.2) is 13.6 Å². The van der Waals surface area contributed by atoms with Crippen molar-refractivity contribution in [2.75, 3.05) is 0 Å². The number of primary sulfonamides is 1. The zero-order chi connectivity index (χ0) is 11.1. The number of benzene rings is 1. The van der Waals surface area contributed by atoms with Crippen molar-refractivity contribution < 1.29 is 13.2 Å². The molecule has 0 aliphatic heterocycles. The summed E-state index contributed by atoms with van der Waals surface area (Å²) in [6.45, 7) is 1.88. The number of aryl methyl sites for hydroxylation is 1. The maximum Gasteiger partial charge on any atom is 0.238 e. The van der Waals surface area contributed by atoms with Gasteiger partial charge in [0.25, 0.3) is 0 Å². The summed E-state index contributed by atoms with van der Waals surface area (Å²) in [6.07, 6.45) is 2.33. The molecule has 2 rings (SSSR count). The van der Waals surface area contributed by atoms with E-state index in [0.29, 0.717) is 5.75 Å². The molecule has 0 saturated heterocycles. The van der Waals surface area contributed by atoms with E-state index < -0.39 is 10.0 Å². The van der Waals surface area contributed by atoms with Gasteiger partial charge in [0.1, 0.15) is 5.75 Å². The van der Waals surface area contributed by atoms with E-state index in [0.717, 1.165) is 18.4 Å². The van der Waals surface area contributed by atoms with Crippen molar-refractivity contribution in [3.63, 3.8) is 0 Å². The van der Waals surface area contributed by atoms with Crippen molar-refractivity contribution >= 4 is 10.0 Å². The Hall–Kier alpha value is -1.07. The third-order valence-electron chi connectivity index (χ3n) is 2.31. The summed E-state index contributed by atoms with van der Waals surface area (Å²) in [5, 5.41) is 5.04. The lowest BCUT2D eigenvalue weighted by Crippen LogP contribution is -2.12. The second-order valence-electron chi connectivity index (χ2n) is 3.79. The van der Waals surface area contributed by atoms with Crippen molar-refractivity contribution in [1.29, 1.82) is 0 Å². The first-order valence-corrected chi connectivity index (χ1v) is 6.31. The first-order valence-electron chi connectivity index (χ1n) is 4.77. The molecule has 0 heterocycles. The second-order valence-corrected chi connectivity index (χ2v) is 5.35. The Morgan fingerprint density at radius 1 is 1.40 bits per heavy atom. The predicted molar refractivity (Wildman–Crippen MR) is 56.2 cm³/mol. The molecule has 1 aliphatic rings. The van der Waals surface area contributed by atoms with Gasteiger partial charge in [-0.1, -0.05) is 6.07 Å². The van der Waals surface area contributed by atoms with Crippen LogP contribution in [0, 0.1) is 6.92 Å². The molecule has 82 valence electrons. The molecule has 0 atom stereocenters. The highest BCUT2D eigenvalue weighted by atomic mass is 32.2. The fourth-order valence-corrected chi connectivity index (χ4v) is 1.78. The van der Waals surface area contributed by atoms with Gasteiger partial charge in [0.2, 0.25) is 10.0 Å². The molecule has 0 aromatic heterocycles. The van der Waals surface area contributed by atoms with Crippen LogP contribution in [0.25, 0.3) is 0 Å². The summed E-state index contributed by atoms with van der Waals surface area (Å²) in [4.78, 5) is 0.101. The molecule has 4 nitrogen and oxygen atoms in total. The molecule has 0 bridgehead atoms.